The molecule has 1 saturated heterocycles. The number of benzene rings is 1. The first-order valence-corrected chi connectivity index (χ1v) is 9.41. The zero-order valence-corrected chi connectivity index (χ0v) is 14.5. The van der Waals surface area contributed by atoms with Crippen LogP contribution in [-0.4, -0.2) is 48.2 Å². The number of nitrogens with zero attached hydrogens (tertiary/aromatic N) is 1. The van der Waals surface area contributed by atoms with Gasteiger partial charge in [0.25, 0.3) is 0 Å². The van der Waals surface area contributed by atoms with Crippen LogP contribution >= 0.6 is 0 Å². The number of hydrogen-bond donors (Lipinski definition) is 2. The molecule has 0 unspecified atom stereocenters. The highest BCUT2D eigenvalue weighted by Gasteiger charge is 2.43. The number of aliphatic hydroxyl groups is 1. The summed E-state index contributed by atoms with van der Waals surface area (Å²) in [6.07, 6.45) is 6.69. The van der Waals surface area contributed by atoms with Crippen molar-refractivity contribution in [1.82, 2.24) is 10.2 Å². The van der Waals surface area contributed by atoms with Crippen LogP contribution in [0.25, 0.3) is 0 Å². The minimum Gasteiger partial charge on any atom is -0.393 e. The van der Waals surface area contributed by atoms with Crippen molar-refractivity contribution in [2.24, 2.45) is 5.41 Å². The van der Waals surface area contributed by atoms with Gasteiger partial charge in [-0.25, -0.2) is 0 Å². The molecule has 0 atom stereocenters. The lowest BCUT2D eigenvalue weighted by atomic mass is 9.64. The van der Waals surface area contributed by atoms with Crippen molar-refractivity contribution < 1.29 is 9.90 Å². The molecule has 24 heavy (non-hydrogen) atoms. The van der Waals surface area contributed by atoms with E-state index in [4.69, 9.17) is 0 Å². The standard InChI is InChI=1S/C20H30N2O2/c23-18-8-14-22(15-9-18)13-5-12-21-19(24)20(10-4-11-20)16-17-6-2-1-3-7-17/h1-3,6-7,18,23H,4-5,8-16H2,(H,21,24). The number of likely N-dealkylation sites (tertiary alicyclic amines) is 1. The van der Waals surface area contributed by atoms with Crippen LogP contribution in [0.2, 0.25) is 0 Å². The number of rotatable bonds is 7. The molecule has 0 radical (unpaired) electrons. The van der Waals surface area contributed by atoms with Gasteiger partial charge in [-0.15, -0.1) is 0 Å². The molecule has 1 aliphatic heterocycles. The van der Waals surface area contributed by atoms with E-state index in [-0.39, 0.29) is 17.4 Å². The second-order valence-electron chi connectivity index (χ2n) is 7.48. The van der Waals surface area contributed by atoms with Crippen LogP contribution in [0.4, 0.5) is 0 Å². The molecule has 2 fully saturated rings. The lowest BCUT2D eigenvalue weighted by Crippen LogP contribution is -2.47. The average molecular weight is 330 g/mol. The number of carbonyl (C=O) groups is 1. The molecule has 132 valence electrons. The summed E-state index contributed by atoms with van der Waals surface area (Å²) in [6.45, 7) is 3.73. The maximum Gasteiger partial charge on any atom is 0.226 e. The van der Waals surface area contributed by atoms with E-state index in [0.29, 0.717) is 0 Å². The Bertz CT molecular complexity index is 520. The largest absolute Gasteiger partial charge is 0.393 e. The molecule has 0 bridgehead atoms. The Morgan fingerprint density at radius 1 is 1.21 bits per heavy atom. The van der Waals surface area contributed by atoms with Crippen LogP contribution in [0, 0.1) is 5.41 Å². The third-order valence-corrected chi connectivity index (χ3v) is 5.67. The van der Waals surface area contributed by atoms with Crippen LogP contribution in [0.15, 0.2) is 30.3 Å². The van der Waals surface area contributed by atoms with Gasteiger partial charge in [-0.2, -0.15) is 0 Å². The monoisotopic (exact) mass is 330 g/mol. The third-order valence-electron chi connectivity index (χ3n) is 5.67. The quantitative estimate of drug-likeness (QED) is 0.755. The molecular weight excluding hydrogens is 300 g/mol. The average Bonchev–Trinajstić information content (AvgIpc) is 2.57. The predicted molar refractivity (Wildman–Crippen MR) is 95.7 cm³/mol. The maximum atomic E-state index is 12.7. The van der Waals surface area contributed by atoms with Gasteiger partial charge in [0, 0.05) is 19.6 Å². The molecule has 1 heterocycles. The molecule has 1 saturated carbocycles. The fraction of sp³-hybridized carbons (Fsp3) is 0.650. The minimum atomic E-state index is -0.170. The number of amides is 1. The molecule has 0 spiro atoms. The Morgan fingerprint density at radius 2 is 1.92 bits per heavy atom. The lowest BCUT2D eigenvalue weighted by Gasteiger charge is -2.40. The Balaban J connectivity index is 1.40. The second-order valence-corrected chi connectivity index (χ2v) is 7.48. The van der Waals surface area contributed by atoms with Crippen molar-refractivity contribution in [2.75, 3.05) is 26.2 Å². The van der Waals surface area contributed by atoms with Crippen molar-refractivity contribution in [3.63, 3.8) is 0 Å². The van der Waals surface area contributed by atoms with Crippen LogP contribution in [-0.2, 0) is 11.2 Å². The number of carbonyl (C=O) groups excluding carboxylic acids is 1. The van der Waals surface area contributed by atoms with Crippen LogP contribution in [0.1, 0.15) is 44.1 Å². The van der Waals surface area contributed by atoms with E-state index in [1.807, 2.05) is 6.07 Å². The van der Waals surface area contributed by atoms with Gasteiger partial charge in [0.15, 0.2) is 0 Å². The van der Waals surface area contributed by atoms with Gasteiger partial charge < -0.3 is 15.3 Å². The van der Waals surface area contributed by atoms with Crippen molar-refractivity contribution in [3.05, 3.63) is 35.9 Å². The Morgan fingerprint density at radius 3 is 2.54 bits per heavy atom. The van der Waals surface area contributed by atoms with Gasteiger partial charge in [0.05, 0.1) is 11.5 Å². The summed E-state index contributed by atoms with van der Waals surface area (Å²) in [6, 6.07) is 10.4. The molecule has 4 heteroatoms. The normalized spacial score (nSPS) is 21.2. The zero-order chi connectivity index (χ0) is 16.8. The van der Waals surface area contributed by atoms with Gasteiger partial charge in [0.2, 0.25) is 5.91 Å². The number of nitrogens with one attached hydrogen (secondary N) is 1. The summed E-state index contributed by atoms with van der Waals surface area (Å²) in [5.74, 6) is 0.242. The van der Waals surface area contributed by atoms with Gasteiger partial charge in [-0.3, -0.25) is 4.79 Å². The van der Waals surface area contributed by atoms with Gasteiger partial charge in [-0.1, -0.05) is 36.8 Å². The molecule has 3 rings (SSSR count). The number of hydrogen-bond acceptors (Lipinski definition) is 3. The van der Waals surface area contributed by atoms with E-state index in [1.54, 1.807) is 0 Å². The smallest absolute Gasteiger partial charge is 0.226 e. The van der Waals surface area contributed by atoms with E-state index < -0.39 is 0 Å². The van der Waals surface area contributed by atoms with Crippen molar-refractivity contribution in [2.45, 2.75) is 51.0 Å². The second kappa shape index (κ2) is 8.13. The highest BCUT2D eigenvalue weighted by molar-refractivity contribution is 5.83. The lowest BCUT2D eigenvalue weighted by molar-refractivity contribution is -0.135. The highest BCUT2D eigenvalue weighted by Crippen LogP contribution is 2.43. The van der Waals surface area contributed by atoms with E-state index >= 15 is 0 Å². The Kier molecular flexibility index (Phi) is 5.90. The summed E-state index contributed by atoms with van der Waals surface area (Å²) >= 11 is 0. The first-order chi connectivity index (χ1) is 11.7. The summed E-state index contributed by atoms with van der Waals surface area (Å²) < 4.78 is 0. The fourth-order valence-electron chi connectivity index (χ4n) is 3.91. The molecule has 1 amide bonds. The summed E-state index contributed by atoms with van der Waals surface area (Å²) in [5.41, 5.74) is 1.09. The van der Waals surface area contributed by atoms with Gasteiger partial charge >= 0.3 is 0 Å². The van der Waals surface area contributed by atoms with E-state index in [9.17, 15) is 9.90 Å². The molecule has 1 aromatic rings. The molecule has 1 aromatic carbocycles. The maximum absolute atomic E-state index is 12.7. The molecular formula is C20H30N2O2. The topological polar surface area (TPSA) is 52.6 Å². The summed E-state index contributed by atoms with van der Waals surface area (Å²) in [7, 11) is 0. The van der Waals surface area contributed by atoms with Crippen molar-refractivity contribution >= 4 is 5.91 Å². The minimum absolute atomic E-state index is 0.114. The van der Waals surface area contributed by atoms with Gasteiger partial charge in [0.1, 0.15) is 0 Å². The first-order valence-electron chi connectivity index (χ1n) is 9.41. The number of piperidine rings is 1. The summed E-state index contributed by atoms with van der Waals surface area (Å²) in [4.78, 5) is 15.1. The molecule has 4 nitrogen and oxygen atoms in total. The van der Waals surface area contributed by atoms with Crippen LogP contribution < -0.4 is 5.32 Å². The Hall–Kier alpha value is -1.39. The fourth-order valence-corrected chi connectivity index (χ4v) is 3.91. The van der Waals surface area contributed by atoms with Crippen molar-refractivity contribution in [3.8, 4) is 0 Å². The van der Waals surface area contributed by atoms with E-state index in [1.165, 1.54) is 5.56 Å². The highest BCUT2D eigenvalue weighted by atomic mass is 16.3. The van der Waals surface area contributed by atoms with Crippen molar-refractivity contribution in [1.29, 1.82) is 0 Å². The molecule has 0 aromatic heterocycles. The number of aliphatic hydroxyl groups excluding tert-OH is 1. The molecule has 1 aliphatic carbocycles. The van der Waals surface area contributed by atoms with Gasteiger partial charge in [-0.05, 0) is 50.6 Å². The Labute approximate surface area is 145 Å². The molecule has 2 aliphatic rings. The summed E-state index contributed by atoms with van der Waals surface area (Å²) in [5, 5.41) is 12.7. The predicted octanol–water partition coefficient (Wildman–Crippen LogP) is 2.36. The van der Waals surface area contributed by atoms with E-state index in [0.717, 1.165) is 71.1 Å². The van der Waals surface area contributed by atoms with Crippen LogP contribution in [0.3, 0.4) is 0 Å². The third kappa shape index (κ3) is 4.37. The molecule has 2 N–H and O–H groups in total. The first kappa shape index (κ1) is 17.4. The SMILES string of the molecule is O=C(NCCCN1CCC(O)CC1)C1(Cc2ccccc2)CCC1. The van der Waals surface area contributed by atoms with Crippen LogP contribution in [0.5, 0.6) is 0 Å². The van der Waals surface area contributed by atoms with E-state index in [2.05, 4.69) is 34.5 Å². The zero-order valence-electron chi connectivity index (χ0n) is 14.5.